The summed E-state index contributed by atoms with van der Waals surface area (Å²) in [5, 5.41) is 21.3. The van der Waals surface area contributed by atoms with Crippen LogP contribution in [0.3, 0.4) is 0 Å². The predicted molar refractivity (Wildman–Crippen MR) is 113 cm³/mol. The van der Waals surface area contributed by atoms with Crippen molar-refractivity contribution in [1.29, 1.82) is 5.26 Å². The van der Waals surface area contributed by atoms with E-state index in [9.17, 15) is 9.90 Å². The van der Waals surface area contributed by atoms with Crippen LogP contribution < -0.4 is 5.32 Å². The monoisotopic (exact) mass is 394 g/mol. The van der Waals surface area contributed by atoms with Gasteiger partial charge in [-0.05, 0) is 40.5 Å². The highest BCUT2D eigenvalue weighted by Crippen LogP contribution is 2.44. The molecule has 5 heteroatoms. The highest BCUT2D eigenvalue weighted by molar-refractivity contribution is 5.79. The summed E-state index contributed by atoms with van der Waals surface area (Å²) in [5.41, 5.74) is 5.39. The van der Waals surface area contributed by atoms with Crippen molar-refractivity contribution in [3.8, 4) is 34.8 Å². The van der Waals surface area contributed by atoms with E-state index in [1.54, 1.807) is 0 Å². The van der Waals surface area contributed by atoms with Crippen LogP contribution in [0.5, 0.6) is 5.75 Å². The number of ether oxygens (including phenoxy) is 1. The van der Waals surface area contributed by atoms with Gasteiger partial charge in [-0.15, -0.1) is 0 Å². The Morgan fingerprint density at radius 1 is 1.03 bits per heavy atom. The molecular formula is C25H18N2O3. The Kier molecular flexibility index (Phi) is 5.37. The number of carbonyl (C=O) groups excluding carboxylic acids is 1. The average Bonchev–Trinajstić information content (AvgIpc) is 3.10. The van der Waals surface area contributed by atoms with Gasteiger partial charge in [0.2, 0.25) is 0 Å². The number of nitriles is 1. The van der Waals surface area contributed by atoms with Crippen molar-refractivity contribution in [2.45, 2.75) is 5.92 Å². The van der Waals surface area contributed by atoms with Gasteiger partial charge >= 0.3 is 6.09 Å². The maximum Gasteiger partial charge on any atom is 0.407 e. The normalized spacial score (nSPS) is 11.4. The van der Waals surface area contributed by atoms with E-state index in [4.69, 9.17) is 10.00 Å². The topological polar surface area (TPSA) is 82.4 Å². The fourth-order valence-electron chi connectivity index (χ4n) is 3.61. The van der Waals surface area contributed by atoms with Gasteiger partial charge in [0.15, 0.2) is 0 Å². The Morgan fingerprint density at radius 3 is 2.37 bits per heavy atom. The van der Waals surface area contributed by atoms with Crippen LogP contribution >= 0.6 is 0 Å². The molecule has 0 atom stereocenters. The molecule has 0 radical (unpaired) electrons. The molecule has 0 saturated carbocycles. The molecule has 146 valence electrons. The van der Waals surface area contributed by atoms with E-state index in [1.165, 1.54) is 29.3 Å². The molecule has 0 saturated heterocycles. The first kappa shape index (κ1) is 19.1. The van der Waals surface area contributed by atoms with Crippen molar-refractivity contribution in [3.63, 3.8) is 0 Å². The summed E-state index contributed by atoms with van der Waals surface area (Å²) in [6.07, 6.45) is -0.554. The van der Waals surface area contributed by atoms with Gasteiger partial charge in [-0.2, -0.15) is 5.26 Å². The second-order valence-electron chi connectivity index (χ2n) is 6.82. The average molecular weight is 394 g/mol. The molecule has 3 aromatic rings. The Labute approximate surface area is 174 Å². The van der Waals surface area contributed by atoms with E-state index in [-0.39, 0.29) is 24.8 Å². The van der Waals surface area contributed by atoms with Crippen LogP contribution in [0.1, 0.15) is 28.2 Å². The molecule has 1 aliphatic carbocycles. The van der Waals surface area contributed by atoms with Gasteiger partial charge in [0.1, 0.15) is 12.4 Å². The quantitative estimate of drug-likeness (QED) is 0.654. The Morgan fingerprint density at radius 2 is 1.70 bits per heavy atom. The molecule has 0 unspecified atom stereocenters. The molecule has 1 aliphatic rings. The number of carbonyl (C=O) groups is 1. The number of hydrogen-bond acceptors (Lipinski definition) is 4. The first-order chi connectivity index (χ1) is 14.7. The Hall–Kier alpha value is -4.22. The zero-order valence-corrected chi connectivity index (χ0v) is 16.1. The van der Waals surface area contributed by atoms with Crippen molar-refractivity contribution in [2.75, 3.05) is 13.2 Å². The number of phenolic OH excluding ortho intramolecular Hbond substituents is 1. The molecule has 0 fully saturated rings. The van der Waals surface area contributed by atoms with Crippen LogP contribution in [0.4, 0.5) is 4.79 Å². The van der Waals surface area contributed by atoms with Crippen LogP contribution in [0.2, 0.25) is 0 Å². The molecular weight excluding hydrogens is 376 g/mol. The lowest BCUT2D eigenvalue weighted by Crippen LogP contribution is -2.26. The molecule has 3 aromatic carbocycles. The largest absolute Gasteiger partial charge is 0.507 e. The molecule has 0 aromatic heterocycles. The summed E-state index contributed by atoms with van der Waals surface area (Å²) >= 11 is 0. The zero-order valence-electron chi connectivity index (χ0n) is 16.1. The molecule has 0 heterocycles. The van der Waals surface area contributed by atoms with Crippen LogP contribution in [0.15, 0.2) is 66.7 Å². The van der Waals surface area contributed by atoms with Gasteiger partial charge in [-0.25, -0.2) is 4.79 Å². The molecule has 5 nitrogen and oxygen atoms in total. The van der Waals surface area contributed by atoms with Crippen molar-refractivity contribution in [2.24, 2.45) is 0 Å². The molecule has 0 spiro atoms. The van der Waals surface area contributed by atoms with E-state index in [0.29, 0.717) is 11.1 Å². The standard InChI is InChI=1S/C25H18N2O3/c26-15-17-11-12-24(28)18(14-17)6-5-13-27-25(29)30-16-23-21-9-3-1-7-19(21)20-8-2-4-10-22(20)23/h1-4,7-12,14,23,28H,13,16H2,(H,27,29). The van der Waals surface area contributed by atoms with Gasteiger partial charge in [-0.3, -0.25) is 0 Å². The van der Waals surface area contributed by atoms with E-state index >= 15 is 0 Å². The first-order valence-electron chi connectivity index (χ1n) is 9.48. The summed E-state index contributed by atoms with van der Waals surface area (Å²) in [7, 11) is 0. The fourth-order valence-corrected chi connectivity index (χ4v) is 3.61. The van der Waals surface area contributed by atoms with Crippen LogP contribution in [0, 0.1) is 23.2 Å². The van der Waals surface area contributed by atoms with Crippen molar-refractivity contribution < 1.29 is 14.6 Å². The minimum atomic E-state index is -0.554. The lowest BCUT2D eigenvalue weighted by atomic mass is 9.98. The lowest BCUT2D eigenvalue weighted by Gasteiger charge is -2.14. The second kappa shape index (κ2) is 8.43. The minimum Gasteiger partial charge on any atom is -0.507 e. The third kappa shape index (κ3) is 3.83. The Bertz CT molecular complexity index is 1170. The predicted octanol–water partition coefficient (Wildman–Crippen LogP) is 4.15. The molecule has 0 aliphatic heterocycles. The summed E-state index contributed by atoms with van der Waals surface area (Å²) in [4.78, 5) is 12.1. The Balaban J connectivity index is 1.36. The summed E-state index contributed by atoms with van der Waals surface area (Å²) in [6, 6.07) is 22.7. The number of fused-ring (bicyclic) bond motifs is 3. The van der Waals surface area contributed by atoms with E-state index < -0.39 is 6.09 Å². The number of amides is 1. The SMILES string of the molecule is N#Cc1ccc(O)c(C#CCNC(=O)OCC2c3ccccc3-c3ccccc32)c1. The number of aromatic hydroxyl groups is 1. The maximum atomic E-state index is 12.1. The van der Waals surface area contributed by atoms with Crippen molar-refractivity contribution in [3.05, 3.63) is 89.0 Å². The number of rotatable bonds is 3. The lowest BCUT2D eigenvalue weighted by molar-refractivity contribution is 0.144. The van der Waals surface area contributed by atoms with Gasteiger partial charge in [0.25, 0.3) is 0 Å². The van der Waals surface area contributed by atoms with Crippen molar-refractivity contribution >= 4 is 6.09 Å². The fraction of sp³-hybridized carbons (Fsp3) is 0.120. The van der Waals surface area contributed by atoms with Gasteiger partial charge < -0.3 is 15.2 Å². The number of nitrogens with zero attached hydrogens (tertiary/aromatic N) is 1. The minimum absolute atomic E-state index is 0.0000900. The summed E-state index contributed by atoms with van der Waals surface area (Å²) in [6.45, 7) is 0.297. The molecule has 2 N–H and O–H groups in total. The summed E-state index contributed by atoms with van der Waals surface area (Å²) < 4.78 is 5.44. The molecule has 30 heavy (non-hydrogen) atoms. The van der Waals surface area contributed by atoms with Gasteiger partial charge in [0.05, 0.1) is 23.7 Å². The number of benzene rings is 3. The molecule has 1 amide bonds. The highest BCUT2D eigenvalue weighted by atomic mass is 16.5. The highest BCUT2D eigenvalue weighted by Gasteiger charge is 2.28. The first-order valence-corrected chi connectivity index (χ1v) is 9.48. The number of hydrogen-bond donors (Lipinski definition) is 2. The summed E-state index contributed by atoms with van der Waals surface area (Å²) in [5.74, 6) is 5.49. The van der Waals surface area contributed by atoms with Gasteiger partial charge in [0, 0.05) is 5.92 Å². The zero-order chi connectivity index (χ0) is 20.9. The third-order valence-corrected chi connectivity index (χ3v) is 5.01. The van der Waals surface area contributed by atoms with Crippen molar-refractivity contribution in [1.82, 2.24) is 5.32 Å². The van der Waals surface area contributed by atoms with Crippen LogP contribution in [0.25, 0.3) is 11.1 Å². The van der Waals surface area contributed by atoms with E-state index in [2.05, 4.69) is 41.4 Å². The maximum absolute atomic E-state index is 12.1. The molecule has 4 rings (SSSR count). The number of phenols is 1. The van der Waals surface area contributed by atoms with Gasteiger partial charge in [-0.1, -0.05) is 60.4 Å². The third-order valence-electron chi connectivity index (χ3n) is 5.01. The molecule has 0 bridgehead atoms. The number of nitrogens with one attached hydrogen (secondary N) is 1. The van der Waals surface area contributed by atoms with E-state index in [0.717, 1.165) is 11.1 Å². The van der Waals surface area contributed by atoms with Crippen LogP contribution in [-0.2, 0) is 4.74 Å². The smallest absolute Gasteiger partial charge is 0.407 e. The second-order valence-corrected chi connectivity index (χ2v) is 6.82. The number of alkyl carbamates (subject to hydrolysis) is 1. The van der Waals surface area contributed by atoms with Crippen LogP contribution in [-0.4, -0.2) is 24.4 Å². The van der Waals surface area contributed by atoms with E-state index in [1.807, 2.05) is 30.3 Å².